The Balaban J connectivity index is 0.000000645. The number of nitrogens with two attached hydrogens (primary N) is 1. The fourth-order valence-electron chi connectivity index (χ4n) is 4.91. The first-order valence-electron chi connectivity index (χ1n) is 16.4. The first kappa shape index (κ1) is 39.3. The molecule has 1 amide bonds. The van der Waals surface area contributed by atoms with E-state index in [0.29, 0.717) is 40.4 Å². The van der Waals surface area contributed by atoms with E-state index in [0.717, 1.165) is 12.8 Å². The van der Waals surface area contributed by atoms with Gasteiger partial charge in [0.25, 0.3) is 0 Å². The molecule has 0 aliphatic rings. The van der Waals surface area contributed by atoms with Crippen molar-refractivity contribution in [2.45, 2.75) is 110 Å². The highest BCUT2D eigenvalue weighted by Gasteiger charge is 2.14. The molecule has 3 N–H and O–H groups in total. The average Bonchev–Trinajstić information content (AvgIpc) is 3.05. The number of anilines is 2. The van der Waals surface area contributed by atoms with Crippen molar-refractivity contribution in [1.82, 2.24) is 0 Å². The van der Waals surface area contributed by atoms with Crippen molar-refractivity contribution in [2.75, 3.05) is 39.5 Å². The van der Waals surface area contributed by atoms with Gasteiger partial charge in [-0.15, -0.1) is 0 Å². The molecule has 0 radical (unpaired) electrons. The second kappa shape index (κ2) is 24.6. The van der Waals surface area contributed by atoms with Crippen molar-refractivity contribution >= 4 is 29.2 Å². The second-order valence-electron chi connectivity index (χ2n) is 11.1. The van der Waals surface area contributed by atoms with Gasteiger partial charge in [-0.3, -0.25) is 4.79 Å². The van der Waals surface area contributed by atoms with Gasteiger partial charge in [-0.05, 0) is 30.7 Å². The minimum Gasteiger partial charge on any atom is -0.496 e. The fourth-order valence-corrected chi connectivity index (χ4v) is 4.91. The van der Waals surface area contributed by atoms with Crippen molar-refractivity contribution in [3.63, 3.8) is 0 Å². The Kier molecular flexibility index (Phi) is 21.4. The number of hydrogen-bond donors (Lipinski definition) is 2. The molecule has 9 heteroatoms. The van der Waals surface area contributed by atoms with Crippen LogP contribution < -0.4 is 20.5 Å². The molecule has 0 saturated carbocycles. The maximum Gasteiger partial charge on any atom is 0.341 e. The number of unbranched alkanes of at least 4 members (excludes halogenated alkanes) is 14. The summed E-state index contributed by atoms with van der Waals surface area (Å²) in [6.07, 6.45) is 20.2. The van der Waals surface area contributed by atoms with Crippen LogP contribution in [0, 0.1) is 0 Å². The van der Waals surface area contributed by atoms with Gasteiger partial charge in [0.2, 0.25) is 5.91 Å². The van der Waals surface area contributed by atoms with E-state index in [-0.39, 0.29) is 5.91 Å². The van der Waals surface area contributed by atoms with Gasteiger partial charge >= 0.3 is 11.9 Å². The summed E-state index contributed by atoms with van der Waals surface area (Å²) in [7, 11) is 5.61. The average molecular weight is 629 g/mol. The molecule has 2 aromatic carbocycles. The molecule has 0 aliphatic carbocycles. The third-order valence-corrected chi connectivity index (χ3v) is 7.53. The quantitative estimate of drug-likeness (QED) is 0.0798. The predicted molar refractivity (Wildman–Crippen MR) is 181 cm³/mol. The zero-order valence-corrected chi connectivity index (χ0v) is 28.2. The molecule has 0 aliphatic heterocycles. The number of nitrogens with one attached hydrogen (secondary N) is 1. The van der Waals surface area contributed by atoms with Gasteiger partial charge < -0.3 is 30.0 Å². The van der Waals surface area contributed by atoms with E-state index in [4.69, 9.17) is 19.9 Å². The number of hydrogen-bond acceptors (Lipinski definition) is 8. The van der Waals surface area contributed by atoms with Crippen molar-refractivity contribution < 1.29 is 33.3 Å². The van der Waals surface area contributed by atoms with Crippen LogP contribution in [0.3, 0.4) is 0 Å². The fraction of sp³-hybridized carbons (Fsp3) is 0.583. The van der Waals surface area contributed by atoms with Crippen LogP contribution in [-0.4, -0.2) is 46.3 Å². The van der Waals surface area contributed by atoms with Crippen molar-refractivity contribution in [3.8, 4) is 11.5 Å². The number of methoxy groups -OCH3 is 4. The summed E-state index contributed by atoms with van der Waals surface area (Å²) < 4.78 is 19.5. The molecule has 45 heavy (non-hydrogen) atoms. The Hall–Kier alpha value is -3.75. The topological polar surface area (TPSA) is 126 Å². The SMILES string of the molecule is CCCCCCCCCCCCCCCCCC(=O)Nc1ccc(C(=O)OC)c(OC)c1.COC(=O)c1ccc(N)cc1OC. The Bertz CT molecular complexity index is 1140. The summed E-state index contributed by atoms with van der Waals surface area (Å²) in [5.74, 6) is -0.0876. The first-order chi connectivity index (χ1) is 21.8. The summed E-state index contributed by atoms with van der Waals surface area (Å²) in [4.78, 5) is 35.0. The van der Waals surface area contributed by atoms with E-state index >= 15 is 0 Å². The van der Waals surface area contributed by atoms with Crippen molar-refractivity contribution in [1.29, 1.82) is 0 Å². The van der Waals surface area contributed by atoms with E-state index < -0.39 is 11.9 Å². The minimum atomic E-state index is -0.461. The zero-order chi connectivity index (χ0) is 33.3. The molecule has 0 fully saturated rings. The van der Waals surface area contributed by atoms with Gasteiger partial charge in [0.15, 0.2) is 0 Å². The standard InChI is InChI=1S/C27H45NO4.C9H11NO3/c1-4-5-6-7-8-9-10-11-12-13-14-15-16-17-18-19-26(29)28-23-20-21-24(27(30)32-3)25(22-23)31-2;1-12-8-5-6(10)3-4-7(8)9(11)13-2/h20-22H,4-19H2,1-3H3,(H,28,29);3-5H,10H2,1-2H3. The van der Waals surface area contributed by atoms with E-state index in [1.165, 1.54) is 112 Å². The highest BCUT2D eigenvalue weighted by atomic mass is 16.5. The van der Waals surface area contributed by atoms with Crippen LogP contribution in [0.2, 0.25) is 0 Å². The van der Waals surface area contributed by atoms with Crippen LogP contribution in [-0.2, 0) is 14.3 Å². The number of esters is 2. The maximum absolute atomic E-state index is 12.2. The van der Waals surface area contributed by atoms with E-state index in [1.807, 2.05) is 0 Å². The normalized spacial score (nSPS) is 10.3. The second-order valence-corrected chi connectivity index (χ2v) is 11.1. The highest BCUT2D eigenvalue weighted by molar-refractivity contribution is 5.95. The number of carbonyl (C=O) groups excluding carboxylic acids is 3. The van der Waals surface area contributed by atoms with Crippen molar-refractivity contribution in [2.24, 2.45) is 0 Å². The lowest BCUT2D eigenvalue weighted by atomic mass is 10.0. The zero-order valence-electron chi connectivity index (χ0n) is 28.2. The lowest BCUT2D eigenvalue weighted by Gasteiger charge is -2.10. The number of benzene rings is 2. The van der Waals surface area contributed by atoms with Crippen LogP contribution in [0.25, 0.3) is 0 Å². The van der Waals surface area contributed by atoms with Crippen LogP contribution in [0.4, 0.5) is 11.4 Å². The molecule has 0 aromatic heterocycles. The molecular weight excluding hydrogens is 572 g/mol. The molecule has 0 heterocycles. The Labute approximate surface area is 270 Å². The summed E-state index contributed by atoms with van der Waals surface area (Å²) in [6.45, 7) is 2.27. The Morgan fingerprint density at radius 3 is 1.47 bits per heavy atom. The Morgan fingerprint density at radius 1 is 0.600 bits per heavy atom. The van der Waals surface area contributed by atoms with E-state index in [2.05, 4.69) is 17.0 Å². The molecule has 0 saturated heterocycles. The number of nitrogen functional groups attached to an aromatic ring is 1. The molecule has 2 aromatic rings. The van der Waals surface area contributed by atoms with Crippen molar-refractivity contribution in [3.05, 3.63) is 47.5 Å². The summed E-state index contributed by atoms with van der Waals surface area (Å²) in [5.41, 5.74) is 7.40. The molecule has 0 spiro atoms. The summed E-state index contributed by atoms with van der Waals surface area (Å²) >= 11 is 0. The maximum atomic E-state index is 12.2. The monoisotopic (exact) mass is 628 g/mol. The van der Waals surface area contributed by atoms with E-state index in [9.17, 15) is 14.4 Å². The molecule has 252 valence electrons. The van der Waals surface area contributed by atoms with Crippen LogP contribution in [0.15, 0.2) is 36.4 Å². The lowest BCUT2D eigenvalue weighted by Crippen LogP contribution is -2.12. The van der Waals surface area contributed by atoms with Gasteiger partial charge in [0, 0.05) is 29.9 Å². The van der Waals surface area contributed by atoms with Gasteiger partial charge in [-0.1, -0.05) is 96.8 Å². The molecule has 0 atom stereocenters. The smallest absolute Gasteiger partial charge is 0.341 e. The molecule has 9 nitrogen and oxygen atoms in total. The number of rotatable bonds is 21. The molecule has 2 rings (SSSR count). The van der Waals surface area contributed by atoms with E-state index in [1.54, 1.807) is 36.4 Å². The Morgan fingerprint density at radius 2 is 1.02 bits per heavy atom. The lowest BCUT2D eigenvalue weighted by molar-refractivity contribution is -0.116. The molecule has 0 unspecified atom stereocenters. The highest BCUT2D eigenvalue weighted by Crippen LogP contribution is 2.24. The number of ether oxygens (including phenoxy) is 4. The number of amides is 1. The third-order valence-electron chi connectivity index (χ3n) is 7.53. The van der Waals surface area contributed by atoms with Gasteiger partial charge in [-0.25, -0.2) is 9.59 Å². The van der Waals surface area contributed by atoms with Crippen LogP contribution in [0.5, 0.6) is 11.5 Å². The first-order valence-corrected chi connectivity index (χ1v) is 16.4. The molecular formula is C36H56N2O7. The van der Waals surface area contributed by atoms with Gasteiger partial charge in [0.05, 0.1) is 28.4 Å². The molecule has 0 bridgehead atoms. The van der Waals surface area contributed by atoms with Gasteiger partial charge in [-0.2, -0.15) is 0 Å². The largest absolute Gasteiger partial charge is 0.496 e. The van der Waals surface area contributed by atoms with Gasteiger partial charge in [0.1, 0.15) is 22.6 Å². The minimum absolute atomic E-state index is 0.00688. The summed E-state index contributed by atoms with van der Waals surface area (Å²) in [5, 5.41) is 2.88. The summed E-state index contributed by atoms with van der Waals surface area (Å²) in [6, 6.07) is 9.71. The third kappa shape index (κ3) is 16.8. The van der Waals surface area contributed by atoms with Crippen LogP contribution >= 0.6 is 0 Å². The van der Waals surface area contributed by atoms with Crippen LogP contribution in [0.1, 0.15) is 130 Å². The predicted octanol–water partition coefficient (Wildman–Crippen LogP) is 8.75. The number of carbonyl (C=O) groups is 3.